The zero-order valence-electron chi connectivity index (χ0n) is 15.6. The van der Waals surface area contributed by atoms with Crippen molar-refractivity contribution in [1.82, 2.24) is 4.68 Å². The van der Waals surface area contributed by atoms with E-state index in [2.05, 4.69) is 38.0 Å². The second-order valence-corrected chi connectivity index (χ2v) is 7.46. The lowest BCUT2D eigenvalue weighted by Crippen LogP contribution is -2.12. The first kappa shape index (κ1) is 20.1. The van der Waals surface area contributed by atoms with Gasteiger partial charge in [-0.05, 0) is 35.9 Å². The zero-order valence-corrected chi connectivity index (χ0v) is 18.0. The Labute approximate surface area is 176 Å². The highest BCUT2D eigenvalue weighted by Crippen LogP contribution is 2.27. The highest BCUT2D eigenvalue weighted by Gasteiger charge is 2.08. The van der Waals surface area contributed by atoms with Crippen molar-refractivity contribution in [3.8, 4) is 22.8 Å². The van der Waals surface area contributed by atoms with Crippen LogP contribution in [0.1, 0.15) is 5.56 Å². The van der Waals surface area contributed by atoms with Crippen LogP contribution in [0.5, 0.6) is 11.5 Å². The first-order valence-corrected chi connectivity index (χ1v) is 10.2. The SMILES string of the molecule is C=CCN=c1scc(-c2ccc(Br)cc2)n1N=Cc1ccc(OC)c(OC)c1. The predicted molar refractivity (Wildman–Crippen MR) is 119 cm³/mol. The van der Waals surface area contributed by atoms with Gasteiger partial charge >= 0.3 is 0 Å². The molecule has 1 heterocycles. The second-order valence-electron chi connectivity index (χ2n) is 5.71. The maximum absolute atomic E-state index is 5.37. The maximum Gasteiger partial charge on any atom is 0.206 e. The molecule has 0 fully saturated rings. The summed E-state index contributed by atoms with van der Waals surface area (Å²) in [6.45, 7) is 4.28. The zero-order chi connectivity index (χ0) is 19.9. The quantitative estimate of drug-likeness (QED) is 0.371. The molecule has 5 nitrogen and oxygen atoms in total. The number of benzene rings is 2. The molecular formula is C21H20BrN3O2S. The molecule has 0 atom stereocenters. The second kappa shape index (κ2) is 9.52. The monoisotopic (exact) mass is 457 g/mol. The number of nitrogens with zero attached hydrogens (tertiary/aromatic N) is 3. The van der Waals surface area contributed by atoms with Crippen LogP contribution in [0.25, 0.3) is 11.3 Å². The summed E-state index contributed by atoms with van der Waals surface area (Å²) < 4.78 is 13.5. The minimum absolute atomic E-state index is 0.534. The fraction of sp³-hybridized carbons (Fsp3) is 0.143. The third-order valence-electron chi connectivity index (χ3n) is 3.91. The fourth-order valence-corrected chi connectivity index (χ4v) is 3.65. The summed E-state index contributed by atoms with van der Waals surface area (Å²) >= 11 is 5.02. The Kier molecular flexibility index (Phi) is 6.84. The van der Waals surface area contributed by atoms with Crippen LogP contribution < -0.4 is 14.3 Å². The molecule has 0 bridgehead atoms. The number of thiazole rings is 1. The molecule has 7 heteroatoms. The molecule has 0 N–H and O–H groups in total. The van der Waals surface area contributed by atoms with E-state index in [-0.39, 0.29) is 0 Å². The van der Waals surface area contributed by atoms with E-state index < -0.39 is 0 Å². The van der Waals surface area contributed by atoms with Gasteiger partial charge in [0.15, 0.2) is 11.5 Å². The van der Waals surface area contributed by atoms with Crippen molar-refractivity contribution in [2.24, 2.45) is 10.1 Å². The standard InChI is InChI=1S/C21H20BrN3O2S/c1-4-11-23-21-25(18(14-28-21)16-6-8-17(22)9-7-16)24-13-15-5-10-19(26-2)20(12-15)27-3/h4-10,12-14H,1,11H2,2-3H3. The third kappa shape index (κ3) is 4.61. The summed E-state index contributed by atoms with van der Waals surface area (Å²) in [5.74, 6) is 1.34. The lowest BCUT2D eigenvalue weighted by atomic mass is 10.2. The molecule has 0 aliphatic rings. The van der Waals surface area contributed by atoms with Gasteiger partial charge in [0.1, 0.15) is 0 Å². The number of aromatic nitrogens is 1. The maximum atomic E-state index is 5.37. The summed E-state index contributed by atoms with van der Waals surface area (Å²) in [5, 5.41) is 6.74. The first-order chi connectivity index (χ1) is 13.7. The predicted octanol–water partition coefficient (Wildman–Crippen LogP) is 4.97. The van der Waals surface area contributed by atoms with Gasteiger partial charge in [-0.15, -0.1) is 17.9 Å². The van der Waals surface area contributed by atoms with Crippen molar-refractivity contribution >= 4 is 33.5 Å². The molecule has 0 saturated heterocycles. The van der Waals surface area contributed by atoms with E-state index in [1.165, 1.54) is 0 Å². The molecule has 0 aliphatic heterocycles. The van der Waals surface area contributed by atoms with E-state index in [9.17, 15) is 0 Å². The van der Waals surface area contributed by atoms with Crippen molar-refractivity contribution in [1.29, 1.82) is 0 Å². The molecule has 2 aromatic carbocycles. The average molecular weight is 458 g/mol. The number of rotatable bonds is 7. The van der Waals surface area contributed by atoms with Gasteiger partial charge in [-0.1, -0.05) is 34.1 Å². The molecule has 0 spiro atoms. The molecule has 144 valence electrons. The van der Waals surface area contributed by atoms with Gasteiger partial charge in [0.05, 0.1) is 32.7 Å². The van der Waals surface area contributed by atoms with Gasteiger partial charge in [-0.25, -0.2) is 4.68 Å². The summed E-state index contributed by atoms with van der Waals surface area (Å²) in [6, 6.07) is 13.8. The Morgan fingerprint density at radius 3 is 2.54 bits per heavy atom. The molecule has 3 aromatic rings. The van der Waals surface area contributed by atoms with E-state index in [0.29, 0.717) is 18.0 Å². The summed E-state index contributed by atoms with van der Waals surface area (Å²) in [4.78, 5) is 5.36. The smallest absolute Gasteiger partial charge is 0.206 e. The molecule has 3 rings (SSSR count). The molecule has 0 unspecified atom stereocenters. The lowest BCUT2D eigenvalue weighted by molar-refractivity contribution is 0.355. The Morgan fingerprint density at radius 2 is 1.86 bits per heavy atom. The van der Waals surface area contributed by atoms with Crippen LogP contribution >= 0.6 is 27.3 Å². The van der Waals surface area contributed by atoms with E-state index in [1.807, 2.05) is 47.1 Å². The summed E-state index contributed by atoms with van der Waals surface area (Å²) in [7, 11) is 3.23. The van der Waals surface area contributed by atoms with Crippen molar-refractivity contribution < 1.29 is 9.47 Å². The van der Waals surface area contributed by atoms with Crippen LogP contribution in [0.4, 0.5) is 0 Å². The van der Waals surface area contributed by atoms with E-state index in [0.717, 1.165) is 26.1 Å². The van der Waals surface area contributed by atoms with Gasteiger partial charge in [0.2, 0.25) is 4.80 Å². The van der Waals surface area contributed by atoms with E-state index in [4.69, 9.17) is 9.47 Å². The molecule has 0 radical (unpaired) electrons. The lowest BCUT2D eigenvalue weighted by Gasteiger charge is -2.08. The highest BCUT2D eigenvalue weighted by atomic mass is 79.9. The minimum Gasteiger partial charge on any atom is -0.493 e. The van der Waals surface area contributed by atoms with Gasteiger partial charge in [-0.3, -0.25) is 4.99 Å². The average Bonchev–Trinajstić information content (AvgIpc) is 3.13. The van der Waals surface area contributed by atoms with Gasteiger partial charge in [0, 0.05) is 15.4 Å². The fourth-order valence-electron chi connectivity index (χ4n) is 2.54. The number of ether oxygens (including phenoxy) is 2. The van der Waals surface area contributed by atoms with Crippen molar-refractivity contribution in [3.05, 3.63) is 75.3 Å². The molecule has 0 saturated carbocycles. The Morgan fingerprint density at radius 1 is 1.11 bits per heavy atom. The summed E-state index contributed by atoms with van der Waals surface area (Å²) in [5.41, 5.74) is 2.92. The van der Waals surface area contributed by atoms with Crippen LogP contribution in [-0.2, 0) is 0 Å². The Hall–Kier alpha value is -2.64. The topological polar surface area (TPSA) is 48.1 Å². The normalized spacial score (nSPS) is 11.8. The van der Waals surface area contributed by atoms with Crippen LogP contribution in [0, 0.1) is 0 Å². The van der Waals surface area contributed by atoms with Gasteiger partial charge in [-0.2, -0.15) is 5.10 Å². The molecule has 0 amide bonds. The Balaban J connectivity index is 2.04. The van der Waals surface area contributed by atoms with Crippen molar-refractivity contribution in [2.75, 3.05) is 20.8 Å². The minimum atomic E-state index is 0.534. The first-order valence-electron chi connectivity index (χ1n) is 8.50. The van der Waals surface area contributed by atoms with E-state index in [1.54, 1.807) is 37.8 Å². The number of hydrogen-bond donors (Lipinski definition) is 0. The van der Waals surface area contributed by atoms with Gasteiger partial charge in [0.25, 0.3) is 0 Å². The largest absolute Gasteiger partial charge is 0.493 e. The molecular weight excluding hydrogens is 438 g/mol. The molecule has 28 heavy (non-hydrogen) atoms. The van der Waals surface area contributed by atoms with Crippen LogP contribution in [0.2, 0.25) is 0 Å². The van der Waals surface area contributed by atoms with E-state index >= 15 is 0 Å². The van der Waals surface area contributed by atoms with Crippen LogP contribution in [0.15, 0.2) is 75.1 Å². The third-order valence-corrected chi connectivity index (χ3v) is 5.29. The number of methoxy groups -OCH3 is 2. The number of hydrogen-bond acceptors (Lipinski definition) is 5. The molecule has 0 aliphatic carbocycles. The number of halogens is 1. The van der Waals surface area contributed by atoms with Crippen molar-refractivity contribution in [2.45, 2.75) is 0 Å². The highest BCUT2D eigenvalue weighted by molar-refractivity contribution is 9.10. The van der Waals surface area contributed by atoms with Gasteiger partial charge < -0.3 is 9.47 Å². The summed E-state index contributed by atoms with van der Waals surface area (Å²) in [6.07, 6.45) is 3.55. The van der Waals surface area contributed by atoms with Crippen LogP contribution in [-0.4, -0.2) is 31.7 Å². The van der Waals surface area contributed by atoms with Crippen LogP contribution in [0.3, 0.4) is 0 Å². The van der Waals surface area contributed by atoms with Crippen molar-refractivity contribution in [3.63, 3.8) is 0 Å². The molecule has 1 aromatic heterocycles. The Bertz CT molecular complexity index is 1050.